The molecule has 9 heteroatoms. The molecule has 4 rings (SSSR count). The average Bonchev–Trinajstić information content (AvgIpc) is 2.85. The zero-order chi connectivity index (χ0) is 25.5. The van der Waals surface area contributed by atoms with E-state index in [2.05, 4.69) is 32.4 Å². The molecule has 0 radical (unpaired) electrons. The van der Waals surface area contributed by atoms with E-state index >= 15 is 0 Å². The largest absolute Gasteiger partial charge is 0.416 e. The number of benzene rings is 2. The van der Waals surface area contributed by atoms with Crippen molar-refractivity contribution in [1.82, 2.24) is 14.8 Å². The highest BCUT2D eigenvalue weighted by Crippen LogP contribution is 2.34. The molecule has 1 aromatic heterocycles. The molecule has 1 aliphatic rings. The number of urea groups is 1. The van der Waals surface area contributed by atoms with Crippen LogP contribution in [0.1, 0.15) is 22.3 Å². The number of halogens is 3. The first-order chi connectivity index (χ1) is 17.3. The second kappa shape index (κ2) is 11.2. The molecule has 3 aromatic rings. The smallest absolute Gasteiger partial charge is 0.308 e. The van der Waals surface area contributed by atoms with Crippen LogP contribution in [0.15, 0.2) is 67.0 Å². The first-order valence-electron chi connectivity index (χ1n) is 11.5. The Bertz CT molecular complexity index is 1260. The van der Waals surface area contributed by atoms with Crippen molar-refractivity contribution in [1.29, 1.82) is 0 Å². The van der Waals surface area contributed by atoms with Gasteiger partial charge in [0.15, 0.2) is 0 Å². The number of likely N-dealkylation sites (N-methyl/N-ethyl adjacent to an activating group) is 1. The van der Waals surface area contributed by atoms with Crippen LogP contribution < -0.4 is 10.6 Å². The quantitative estimate of drug-likeness (QED) is 0.508. The maximum absolute atomic E-state index is 13.8. The van der Waals surface area contributed by atoms with Crippen LogP contribution in [-0.2, 0) is 12.7 Å². The Kier molecular flexibility index (Phi) is 7.88. The Labute approximate surface area is 208 Å². The molecule has 186 valence electrons. The third kappa shape index (κ3) is 7.07. The molecule has 1 saturated heterocycles. The van der Waals surface area contributed by atoms with Crippen molar-refractivity contribution < 1.29 is 18.0 Å². The number of carbonyl (C=O) groups is 1. The van der Waals surface area contributed by atoms with E-state index in [4.69, 9.17) is 0 Å². The Morgan fingerprint density at radius 2 is 1.64 bits per heavy atom. The van der Waals surface area contributed by atoms with Crippen LogP contribution >= 0.6 is 0 Å². The number of aromatic nitrogens is 1. The Morgan fingerprint density at radius 1 is 0.944 bits per heavy atom. The van der Waals surface area contributed by atoms with Crippen molar-refractivity contribution in [3.8, 4) is 11.8 Å². The van der Waals surface area contributed by atoms with Gasteiger partial charge >= 0.3 is 12.2 Å². The molecule has 0 saturated carbocycles. The highest BCUT2D eigenvalue weighted by atomic mass is 19.4. The number of amides is 2. The van der Waals surface area contributed by atoms with E-state index in [1.165, 1.54) is 12.1 Å². The predicted octanol–water partition coefficient (Wildman–Crippen LogP) is 4.89. The molecular weight excluding hydrogens is 467 g/mol. The molecule has 2 aromatic carbocycles. The Morgan fingerprint density at radius 3 is 2.33 bits per heavy atom. The van der Waals surface area contributed by atoms with Crippen LogP contribution in [0.5, 0.6) is 0 Å². The molecular formula is C27H26F3N5O. The van der Waals surface area contributed by atoms with Crippen molar-refractivity contribution >= 4 is 17.4 Å². The van der Waals surface area contributed by atoms with Gasteiger partial charge in [0.05, 0.1) is 5.56 Å². The number of nitrogens with zero attached hydrogens (tertiary/aromatic N) is 3. The van der Waals surface area contributed by atoms with Crippen LogP contribution in [-0.4, -0.2) is 54.0 Å². The maximum Gasteiger partial charge on any atom is 0.416 e. The minimum absolute atomic E-state index is 0.0643. The number of hydrogen-bond acceptors (Lipinski definition) is 4. The highest BCUT2D eigenvalue weighted by Gasteiger charge is 2.34. The monoisotopic (exact) mass is 493 g/mol. The molecule has 6 nitrogen and oxygen atoms in total. The first kappa shape index (κ1) is 25.2. The Balaban J connectivity index is 1.43. The fraction of sp³-hybridized carbons (Fsp3) is 0.259. The third-order valence-corrected chi connectivity index (χ3v) is 5.80. The maximum atomic E-state index is 13.8. The molecule has 2 N–H and O–H groups in total. The van der Waals surface area contributed by atoms with Gasteiger partial charge in [0.1, 0.15) is 0 Å². The fourth-order valence-corrected chi connectivity index (χ4v) is 3.85. The number of pyridine rings is 1. The number of anilines is 2. The number of piperazine rings is 1. The van der Waals surface area contributed by atoms with Crippen LogP contribution in [0.25, 0.3) is 0 Å². The molecule has 0 aliphatic carbocycles. The lowest BCUT2D eigenvalue weighted by atomic mass is 10.0. The van der Waals surface area contributed by atoms with Gasteiger partial charge in [0, 0.05) is 67.6 Å². The zero-order valence-electron chi connectivity index (χ0n) is 19.8. The van der Waals surface area contributed by atoms with E-state index in [-0.39, 0.29) is 17.8 Å². The second-order valence-corrected chi connectivity index (χ2v) is 8.60. The predicted molar refractivity (Wildman–Crippen MR) is 134 cm³/mol. The van der Waals surface area contributed by atoms with Gasteiger partial charge < -0.3 is 15.5 Å². The second-order valence-electron chi connectivity index (χ2n) is 8.60. The van der Waals surface area contributed by atoms with E-state index in [1.807, 2.05) is 18.0 Å². The van der Waals surface area contributed by atoms with Gasteiger partial charge in [-0.25, -0.2) is 4.79 Å². The van der Waals surface area contributed by atoms with Gasteiger partial charge in [-0.15, -0.1) is 0 Å². The van der Waals surface area contributed by atoms with Crippen LogP contribution in [0.2, 0.25) is 0 Å². The molecule has 1 fully saturated rings. The molecule has 36 heavy (non-hydrogen) atoms. The number of carbonyl (C=O) groups excluding carboxylic acids is 1. The lowest BCUT2D eigenvalue weighted by molar-refractivity contribution is -0.138. The van der Waals surface area contributed by atoms with Crippen LogP contribution in [0.3, 0.4) is 0 Å². The zero-order valence-corrected chi connectivity index (χ0v) is 19.8. The number of alkyl halides is 3. The van der Waals surface area contributed by atoms with E-state index < -0.39 is 17.8 Å². The topological polar surface area (TPSA) is 60.5 Å². The lowest BCUT2D eigenvalue weighted by Crippen LogP contribution is -2.44. The van der Waals surface area contributed by atoms with Gasteiger partial charge in [-0.05, 0) is 55.1 Å². The van der Waals surface area contributed by atoms with E-state index in [0.717, 1.165) is 24.7 Å². The van der Waals surface area contributed by atoms with Gasteiger partial charge in [0.2, 0.25) is 0 Å². The summed E-state index contributed by atoms with van der Waals surface area (Å²) in [6, 6.07) is 13.8. The van der Waals surface area contributed by atoms with Crippen LogP contribution in [0, 0.1) is 11.8 Å². The average molecular weight is 494 g/mol. The lowest BCUT2D eigenvalue weighted by Gasteiger charge is -2.33. The Hall–Kier alpha value is -3.87. The molecule has 1 aliphatic heterocycles. The van der Waals surface area contributed by atoms with Gasteiger partial charge in [-0.2, -0.15) is 13.2 Å². The fourth-order valence-electron chi connectivity index (χ4n) is 3.85. The number of nitrogens with one attached hydrogen (secondary N) is 2. The molecule has 2 amide bonds. The number of rotatable bonds is 4. The summed E-state index contributed by atoms with van der Waals surface area (Å²) in [6.45, 7) is 3.26. The summed E-state index contributed by atoms with van der Waals surface area (Å²) < 4.78 is 41.4. The summed E-state index contributed by atoms with van der Waals surface area (Å²) in [5, 5.41) is 5.15. The van der Waals surface area contributed by atoms with E-state index in [1.54, 1.807) is 42.7 Å². The van der Waals surface area contributed by atoms with Crippen LogP contribution in [0.4, 0.5) is 29.3 Å². The molecule has 0 unspecified atom stereocenters. The number of hydrogen-bond donors (Lipinski definition) is 2. The standard InChI is InChI=1S/C27H26F3N5O/c1-34-12-14-35(15-13-34)19-22-9-10-24(17-25(22)27(28,29)30)33-26(36)32-23-6-2-4-20(16-23)7-8-21-5-3-11-31-18-21/h2-6,9-11,16-18H,12-15,19H2,1H3,(H2,32,33,36). The van der Waals surface area contributed by atoms with Crippen molar-refractivity contribution in [2.75, 3.05) is 43.9 Å². The minimum Gasteiger partial charge on any atom is -0.308 e. The SMILES string of the molecule is CN1CCN(Cc2ccc(NC(=O)Nc3cccc(C#Cc4cccnc4)c3)cc2C(F)(F)F)CC1. The van der Waals surface area contributed by atoms with Crippen molar-refractivity contribution in [3.05, 3.63) is 89.2 Å². The summed E-state index contributed by atoms with van der Waals surface area (Å²) in [7, 11) is 2.00. The van der Waals surface area contributed by atoms with Gasteiger partial charge in [-0.3, -0.25) is 9.88 Å². The van der Waals surface area contributed by atoms with Gasteiger partial charge in [0.25, 0.3) is 0 Å². The van der Waals surface area contributed by atoms with Gasteiger partial charge in [-0.1, -0.05) is 24.0 Å². The minimum atomic E-state index is -4.53. The summed E-state index contributed by atoms with van der Waals surface area (Å²) in [6.07, 6.45) is -1.22. The third-order valence-electron chi connectivity index (χ3n) is 5.80. The summed E-state index contributed by atoms with van der Waals surface area (Å²) in [4.78, 5) is 20.7. The molecule has 0 bridgehead atoms. The summed E-state index contributed by atoms with van der Waals surface area (Å²) in [5.74, 6) is 5.98. The summed E-state index contributed by atoms with van der Waals surface area (Å²) in [5.41, 5.74) is 1.40. The molecule has 0 atom stereocenters. The van der Waals surface area contributed by atoms with Crippen molar-refractivity contribution in [2.24, 2.45) is 0 Å². The van der Waals surface area contributed by atoms with E-state index in [9.17, 15) is 18.0 Å². The highest BCUT2D eigenvalue weighted by molar-refractivity contribution is 5.99. The molecule has 0 spiro atoms. The van der Waals surface area contributed by atoms with Crippen molar-refractivity contribution in [3.63, 3.8) is 0 Å². The normalized spacial score (nSPS) is 14.6. The summed E-state index contributed by atoms with van der Waals surface area (Å²) >= 11 is 0. The first-order valence-corrected chi connectivity index (χ1v) is 11.5. The van der Waals surface area contributed by atoms with Crippen molar-refractivity contribution in [2.45, 2.75) is 12.7 Å². The molecule has 2 heterocycles. The van der Waals surface area contributed by atoms with E-state index in [0.29, 0.717) is 24.3 Å².